The Kier molecular flexibility index (Phi) is 8.48. The van der Waals surface area contributed by atoms with Crippen molar-refractivity contribution in [3.05, 3.63) is 59.1 Å². The zero-order chi connectivity index (χ0) is 21.3. The number of halogens is 1. The van der Waals surface area contributed by atoms with Crippen molar-refractivity contribution >= 4 is 56.0 Å². The molecule has 1 unspecified atom stereocenters. The first kappa shape index (κ1) is 22.5. The number of amides is 2. The minimum Gasteiger partial charge on any atom is -0.382 e. The number of carbonyl (C=O) groups excluding carboxylic acids is 2. The van der Waals surface area contributed by atoms with Crippen molar-refractivity contribution in [2.45, 2.75) is 25.0 Å². The highest BCUT2D eigenvalue weighted by Gasteiger charge is 2.38. The Labute approximate surface area is 189 Å². The molecule has 1 N–H and O–H groups in total. The Hall–Kier alpha value is -2.16. The summed E-state index contributed by atoms with van der Waals surface area (Å²) in [5.74, 6) is -0.295. The molecule has 30 heavy (non-hydrogen) atoms. The number of rotatable bonds is 9. The van der Waals surface area contributed by atoms with Crippen LogP contribution in [-0.2, 0) is 14.3 Å². The molecule has 158 valence electrons. The first-order chi connectivity index (χ1) is 14.6. The summed E-state index contributed by atoms with van der Waals surface area (Å²) in [5.41, 5.74) is 1.46. The topological polar surface area (TPSA) is 71.0 Å². The van der Waals surface area contributed by atoms with Crippen LogP contribution in [0.25, 0.3) is 0 Å². The van der Waals surface area contributed by atoms with Gasteiger partial charge in [-0.05, 0) is 53.5 Å². The van der Waals surface area contributed by atoms with Gasteiger partial charge in [0.15, 0.2) is 5.17 Å². The molecule has 0 radical (unpaired) electrons. The average Bonchev–Trinajstić information content (AvgIpc) is 3.02. The summed E-state index contributed by atoms with van der Waals surface area (Å²) in [6, 6.07) is 16.9. The minimum atomic E-state index is -0.498. The molecule has 2 aromatic rings. The number of benzene rings is 2. The fourth-order valence-corrected chi connectivity index (χ4v) is 4.51. The molecule has 0 bridgehead atoms. The Bertz CT molecular complexity index is 908. The summed E-state index contributed by atoms with van der Waals surface area (Å²) in [4.78, 5) is 31.9. The number of nitrogens with one attached hydrogen (secondary N) is 1. The molecular formula is C22H24BrN3O3S. The molecule has 8 heteroatoms. The SMILES string of the molecule is CCOCCCN1C(=O)C(CC(=O)Nc2ccccc2Br)SC1=Nc1ccccc1. The predicted molar refractivity (Wildman–Crippen MR) is 125 cm³/mol. The molecule has 6 nitrogen and oxygen atoms in total. The van der Waals surface area contributed by atoms with Crippen molar-refractivity contribution < 1.29 is 14.3 Å². The van der Waals surface area contributed by atoms with Crippen LogP contribution in [0.5, 0.6) is 0 Å². The number of amidine groups is 1. The Morgan fingerprint density at radius 2 is 1.93 bits per heavy atom. The third kappa shape index (κ3) is 6.17. The van der Waals surface area contributed by atoms with Gasteiger partial charge >= 0.3 is 0 Å². The molecule has 1 saturated heterocycles. The summed E-state index contributed by atoms with van der Waals surface area (Å²) in [5, 5.41) is 3.00. The van der Waals surface area contributed by atoms with Crippen LogP contribution < -0.4 is 5.32 Å². The number of thioether (sulfide) groups is 1. The van der Waals surface area contributed by atoms with E-state index < -0.39 is 5.25 Å². The van der Waals surface area contributed by atoms with Crippen LogP contribution in [0.1, 0.15) is 19.8 Å². The van der Waals surface area contributed by atoms with E-state index >= 15 is 0 Å². The molecule has 1 aliphatic rings. The van der Waals surface area contributed by atoms with Gasteiger partial charge in [-0.15, -0.1) is 0 Å². The molecule has 1 fully saturated rings. The van der Waals surface area contributed by atoms with Crippen molar-refractivity contribution in [2.24, 2.45) is 4.99 Å². The zero-order valence-electron chi connectivity index (χ0n) is 16.7. The smallest absolute Gasteiger partial charge is 0.242 e. The van der Waals surface area contributed by atoms with Crippen molar-refractivity contribution in [2.75, 3.05) is 25.1 Å². The molecule has 2 amide bonds. The second-order valence-electron chi connectivity index (χ2n) is 6.61. The Morgan fingerprint density at radius 1 is 1.20 bits per heavy atom. The number of hydrogen-bond donors (Lipinski definition) is 1. The number of para-hydroxylation sites is 2. The molecule has 1 atom stereocenters. The van der Waals surface area contributed by atoms with Gasteiger partial charge in [-0.1, -0.05) is 42.1 Å². The first-order valence-corrected chi connectivity index (χ1v) is 11.5. The number of aliphatic imine (C=N–C) groups is 1. The lowest BCUT2D eigenvalue weighted by Crippen LogP contribution is -2.34. The van der Waals surface area contributed by atoms with Crippen LogP contribution in [0.2, 0.25) is 0 Å². The molecule has 1 aliphatic heterocycles. The maximum Gasteiger partial charge on any atom is 0.242 e. The number of carbonyl (C=O) groups is 2. The summed E-state index contributed by atoms with van der Waals surface area (Å²) < 4.78 is 6.20. The lowest BCUT2D eigenvalue weighted by atomic mass is 10.2. The maximum atomic E-state index is 13.0. The molecule has 0 aliphatic carbocycles. The van der Waals surface area contributed by atoms with E-state index in [9.17, 15) is 9.59 Å². The van der Waals surface area contributed by atoms with Gasteiger partial charge in [0, 0.05) is 30.7 Å². The van der Waals surface area contributed by atoms with Crippen molar-refractivity contribution in [1.29, 1.82) is 0 Å². The highest BCUT2D eigenvalue weighted by atomic mass is 79.9. The van der Waals surface area contributed by atoms with Crippen LogP contribution in [-0.4, -0.2) is 46.9 Å². The van der Waals surface area contributed by atoms with Gasteiger partial charge in [0.1, 0.15) is 5.25 Å². The standard InChI is InChI=1S/C22H24BrN3O3S/c1-2-29-14-8-13-26-21(28)19(30-22(26)24-16-9-4-3-5-10-16)15-20(27)25-18-12-7-6-11-17(18)23/h3-7,9-12,19H,2,8,13-15H2,1H3,(H,25,27). The molecule has 3 rings (SSSR count). The van der Waals surface area contributed by atoms with E-state index in [1.54, 1.807) is 4.90 Å². The number of nitrogens with zero attached hydrogens (tertiary/aromatic N) is 2. The largest absolute Gasteiger partial charge is 0.382 e. The fraction of sp³-hybridized carbons (Fsp3) is 0.318. The van der Waals surface area contributed by atoms with Crippen molar-refractivity contribution in [1.82, 2.24) is 4.90 Å². The molecule has 2 aromatic carbocycles. The second kappa shape index (κ2) is 11.3. The summed E-state index contributed by atoms with van der Waals surface area (Å²) in [6.07, 6.45) is 0.796. The van der Waals surface area contributed by atoms with Crippen LogP contribution >= 0.6 is 27.7 Å². The molecule has 0 saturated carbocycles. The highest BCUT2D eigenvalue weighted by molar-refractivity contribution is 9.10. The van der Waals surface area contributed by atoms with E-state index in [1.807, 2.05) is 61.5 Å². The summed E-state index contributed by atoms with van der Waals surface area (Å²) >= 11 is 4.76. The number of hydrogen-bond acceptors (Lipinski definition) is 5. The fourth-order valence-electron chi connectivity index (χ4n) is 2.95. The van der Waals surface area contributed by atoms with Gasteiger partial charge < -0.3 is 10.1 Å². The molecule has 0 spiro atoms. The van der Waals surface area contributed by atoms with Crippen LogP contribution in [0.3, 0.4) is 0 Å². The van der Waals surface area contributed by atoms with Gasteiger partial charge in [0.05, 0.1) is 11.4 Å². The maximum absolute atomic E-state index is 13.0. The van der Waals surface area contributed by atoms with E-state index in [4.69, 9.17) is 4.74 Å². The summed E-state index contributed by atoms with van der Waals surface area (Å²) in [7, 11) is 0. The van der Waals surface area contributed by atoms with E-state index in [0.717, 1.165) is 10.2 Å². The molecular weight excluding hydrogens is 466 g/mol. The average molecular weight is 490 g/mol. The lowest BCUT2D eigenvalue weighted by Gasteiger charge is -2.16. The van der Waals surface area contributed by atoms with E-state index in [-0.39, 0.29) is 18.2 Å². The van der Waals surface area contributed by atoms with E-state index in [0.29, 0.717) is 37.0 Å². The van der Waals surface area contributed by atoms with Gasteiger partial charge in [0.2, 0.25) is 11.8 Å². The quantitative estimate of drug-likeness (QED) is 0.511. The Balaban J connectivity index is 1.70. The Morgan fingerprint density at radius 3 is 2.67 bits per heavy atom. The molecule has 1 heterocycles. The van der Waals surface area contributed by atoms with Gasteiger partial charge in [-0.2, -0.15) is 0 Å². The first-order valence-electron chi connectivity index (χ1n) is 9.82. The number of ether oxygens (including phenoxy) is 1. The van der Waals surface area contributed by atoms with Gasteiger partial charge in [-0.25, -0.2) is 4.99 Å². The minimum absolute atomic E-state index is 0.0839. The van der Waals surface area contributed by atoms with Gasteiger partial charge in [-0.3, -0.25) is 14.5 Å². The predicted octanol–water partition coefficient (Wildman–Crippen LogP) is 4.84. The monoisotopic (exact) mass is 489 g/mol. The van der Waals surface area contributed by atoms with Crippen LogP contribution in [0, 0.1) is 0 Å². The third-order valence-electron chi connectivity index (χ3n) is 4.39. The van der Waals surface area contributed by atoms with Crippen molar-refractivity contribution in [3.63, 3.8) is 0 Å². The lowest BCUT2D eigenvalue weighted by molar-refractivity contribution is -0.128. The van der Waals surface area contributed by atoms with E-state index in [2.05, 4.69) is 26.2 Å². The second-order valence-corrected chi connectivity index (χ2v) is 8.63. The normalized spacial score (nSPS) is 17.5. The van der Waals surface area contributed by atoms with E-state index in [1.165, 1.54) is 11.8 Å². The number of anilines is 1. The zero-order valence-corrected chi connectivity index (χ0v) is 19.1. The molecule has 0 aromatic heterocycles. The van der Waals surface area contributed by atoms with Crippen LogP contribution in [0.15, 0.2) is 64.1 Å². The summed E-state index contributed by atoms with van der Waals surface area (Å²) in [6.45, 7) is 3.68. The van der Waals surface area contributed by atoms with Gasteiger partial charge in [0.25, 0.3) is 0 Å². The highest BCUT2D eigenvalue weighted by Crippen LogP contribution is 2.32. The third-order valence-corrected chi connectivity index (χ3v) is 6.26. The van der Waals surface area contributed by atoms with Crippen LogP contribution in [0.4, 0.5) is 11.4 Å². The van der Waals surface area contributed by atoms with Crippen molar-refractivity contribution in [3.8, 4) is 0 Å².